The van der Waals surface area contributed by atoms with Crippen LogP contribution in [0.5, 0.6) is 0 Å². The summed E-state index contributed by atoms with van der Waals surface area (Å²) in [5.41, 5.74) is 6.47. The highest BCUT2D eigenvalue weighted by Crippen LogP contribution is 2.28. The Balaban J connectivity index is 1.54. The van der Waals surface area contributed by atoms with Gasteiger partial charge in [0.1, 0.15) is 0 Å². The van der Waals surface area contributed by atoms with Crippen molar-refractivity contribution in [3.05, 3.63) is 59.5 Å². The van der Waals surface area contributed by atoms with Crippen LogP contribution in [0, 0.1) is 0 Å². The van der Waals surface area contributed by atoms with Crippen molar-refractivity contribution in [2.45, 2.75) is 32.9 Å². The van der Waals surface area contributed by atoms with Crippen molar-refractivity contribution >= 4 is 0 Å². The largest absolute Gasteiger partial charge is 0.298 e. The third kappa shape index (κ3) is 3.24. The molecule has 0 radical (unpaired) electrons. The molecular weight excluding hydrogens is 310 g/mol. The van der Waals surface area contributed by atoms with Crippen molar-refractivity contribution in [3.8, 4) is 11.3 Å². The summed E-state index contributed by atoms with van der Waals surface area (Å²) in [5.74, 6) is 0. The number of rotatable bonds is 4. The molecule has 1 aliphatic rings. The molecule has 5 nitrogen and oxygen atoms in total. The number of benzene rings is 1. The Hall–Kier alpha value is -2.40. The first-order valence-corrected chi connectivity index (χ1v) is 9.08. The molecule has 0 fully saturated rings. The smallest absolute Gasteiger partial charge is 0.0958 e. The lowest BCUT2D eigenvalue weighted by atomic mass is 10.0. The maximum Gasteiger partial charge on any atom is 0.0958 e. The SMILES string of the molecule is CCn1cc(CN2CCc3c(-c4ccccc4)nn(C)c3CC2)cn1. The molecule has 3 heterocycles. The van der Waals surface area contributed by atoms with Gasteiger partial charge < -0.3 is 0 Å². The number of nitrogens with zero attached hydrogens (tertiary/aromatic N) is 5. The second-order valence-corrected chi connectivity index (χ2v) is 6.74. The average Bonchev–Trinajstić information content (AvgIpc) is 3.15. The zero-order valence-electron chi connectivity index (χ0n) is 15.0. The molecule has 0 saturated heterocycles. The summed E-state index contributed by atoms with van der Waals surface area (Å²) in [6, 6.07) is 10.5. The van der Waals surface area contributed by atoms with Gasteiger partial charge in [0, 0.05) is 68.2 Å². The fourth-order valence-electron chi connectivity index (χ4n) is 3.73. The van der Waals surface area contributed by atoms with E-state index >= 15 is 0 Å². The molecule has 130 valence electrons. The number of aromatic nitrogens is 4. The van der Waals surface area contributed by atoms with Gasteiger partial charge in [-0.25, -0.2) is 0 Å². The van der Waals surface area contributed by atoms with Gasteiger partial charge in [-0.3, -0.25) is 14.3 Å². The predicted octanol–water partition coefficient (Wildman–Crippen LogP) is 2.90. The molecule has 1 aromatic carbocycles. The highest BCUT2D eigenvalue weighted by Gasteiger charge is 2.22. The summed E-state index contributed by atoms with van der Waals surface area (Å²) in [5, 5.41) is 9.21. The molecule has 0 N–H and O–H groups in total. The maximum absolute atomic E-state index is 4.81. The van der Waals surface area contributed by atoms with Gasteiger partial charge >= 0.3 is 0 Å². The van der Waals surface area contributed by atoms with Gasteiger partial charge in [-0.2, -0.15) is 10.2 Å². The normalized spacial score (nSPS) is 15.1. The topological polar surface area (TPSA) is 38.9 Å². The van der Waals surface area contributed by atoms with Crippen LogP contribution < -0.4 is 0 Å². The minimum Gasteiger partial charge on any atom is -0.298 e. The van der Waals surface area contributed by atoms with Crippen LogP contribution in [-0.2, 0) is 33.0 Å². The lowest BCUT2D eigenvalue weighted by Crippen LogP contribution is -2.26. The number of hydrogen-bond acceptors (Lipinski definition) is 3. The highest BCUT2D eigenvalue weighted by molar-refractivity contribution is 5.64. The van der Waals surface area contributed by atoms with Gasteiger partial charge in [-0.05, 0) is 13.3 Å². The van der Waals surface area contributed by atoms with E-state index in [1.165, 1.54) is 22.4 Å². The van der Waals surface area contributed by atoms with E-state index in [-0.39, 0.29) is 0 Å². The fourth-order valence-corrected chi connectivity index (χ4v) is 3.73. The molecule has 0 bridgehead atoms. The first-order chi connectivity index (χ1) is 12.2. The van der Waals surface area contributed by atoms with Crippen molar-refractivity contribution in [1.82, 2.24) is 24.5 Å². The molecule has 1 aliphatic heterocycles. The van der Waals surface area contributed by atoms with Crippen LogP contribution in [0.2, 0.25) is 0 Å². The average molecular weight is 335 g/mol. The first kappa shape index (κ1) is 16.1. The molecule has 0 aliphatic carbocycles. The maximum atomic E-state index is 4.81. The first-order valence-electron chi connectivity index (χ1n) is 9.08. The predicted molar refractivity (Wildman–Crippen MR) is 99.2 cm³/mol. The van der Waals surface area contributed by atoms with Crippen molar-refractivity contribution in [2.24, 2.45) is 7.05 Å². The number of hydrogen-bond donors (Lipinski definition) is 0. The van der Waals surface area contributed by atoms with E-state index in [2.05, 4.69) is 65.2 Å². The molecule has 5 heteroatoms. The van der Waals surface area contributed by atoms with E-state index in [1.807, 2.05) is 10.9 Å². The van der Waals surface area contributed by atoms with E-state index in [1.54, 1.807) is 0 Å². The lowest BCUT2D eigenvalue weighted by molar-refractivity contribution is 0.277. The van der Waals surface area contributed by atoms with Gasteiger partial charge in [0.15, 0.2) is 0 Å². The van der Waals surface area contributed by atoms with Gasteiger partial charge in [0.2, 0.25) is 0 Å². The molecule has 25 heavy (non-hydrogen) atoms. The van der Waals surface area contributed by atoms with E-state index in [0.717, 1.165) is 44.7 Å². The Bertz CT molecular complexity index is 846. The molecule has 0 spiro atoms. The Morgan fingerprint density at radius 1 is 1.08 bits per heavy atom. The van der Waals surface area contributed by atoms with E-state index in [4.69, 9.17) is 5.10 Å². The van der Waals surface area contributed by atoms with E-state index < -0.39 is 0 Å². The van der Waals surface area contributed by atoms with E-state index in [0.29, 0.717) is 0 Å². The van der Waals surface area contributed by atoms with Crippen LogP contribution >= 0.6 is 0 Å². The lowest BCUT2D eigenvalue weighted by Gasteiger charge is -2.18. The monoisotopic (exact) mass is 335 g/mol. The summed E-state index contributed by atoms with van der Waals surface area (Å²) >= 11 is 0. The number of aryl methyl sites for hydroxylation is 2. The van der Waals surface area contributed by atoms with E-state index in [9.17, 15) is 0 Å². The third-order valence-electron chi connectivity index (χ3n) is 5.08. The standard InChI is InChI=1S/C20H25N5/c1-3-25-15-16(13-21-25)14-24-11-9-18-19(10-12-24)23(2)22-20(18)17-7-5-4-6-8-17/h4-8,13,15H,3,9-12,14H2,1-2H3. The summed E-state index contributed by atoms with van der Waals surface area (Å²) in [6.07, 6.45) is 6.26. The Labute approximate surface area is 148 Å². The molecule has 0 amide bonds. The molecule has 0 saturated carbocycles. The van der Waals surface area contributed by atoms with Crippen LogP contribution in [0.1, 0.15) is 23.7 Å². The Morgan fingerprint density at radius 3 is 2.64 bits per heavy atom. The summed E-state index contributed by atoms with van der Waals surface area (Å²) in [7, 11) is 2.08. The number of fused-ring (bicyclic) bond motifs is 1. The molecule has 4 rings (SSSR count). The zero-order valence-corrected chi connectivity index (χ0v) is 15.0. The van der Waals surface area contributed by atoms with Gasteiger partial charge in [0.25, 0.3) is 0 Å². The Kier molecular flexibility index (Phi) is 4.40. The quantitative estimate of drug-likeness (QED) is 0.736. The second-order valence-electron chi connectivity index (χ2n) is 6.74. The molecule has 0 unspecified atom stereocenters. The van der Waals surface area contributed by atoms with Crippen LogP contribution in [-0.4, -0.2) is 37.6 Å². The second kappa shape index (κ2) is 6.84. The van der Waals surface area contributed by atoms with Crippen molar-refractivity contribution in [2.75, 3.05) is 13.1 Å². The molecule has 2 aromatic heterocycles. The van der Waals surface area contributed by atoms with Gasteiger partial charge in [-0.15, -0.1) is 0 Å². The molecule has 0 atom stereocenters. The minimum atomic E-state index is 0.928. The Morgan fingerprint density at radius 2 is 1.88 bits per heavy atom. The van der Waals surface area contributed by atoms with Crippen molar-refractivity contribution < 1.29 is 0 Å². The van der Waals surface area contributed by atoms with Crippen LogP contribution in [0.3, 0.4) is 0 Å². The zero-order chi connectivity index (χ0) is 17.2. The van der Waals surface area contributed by atoms with Crippen LogP contribution in [0.15, 0.2) is 42.7 Å². The van der Waals surface area contributed by atoms with Crippen LogP contribution in [0.25, 0.3) is 11.3 Å². The highest BCUT2D eigenvalue weighted by atomic mass is 15.3. The summed E-state index contributed by atoms with van der Waals surface area (Å²) < 4.78 is 4.08. The minimum absolute atomic E-state index is 0.928. The van der Waals surface area contributed by atoms with Crippen LogP contribution in [0.4, 0.5) is 0 Å². The van der Waals surface area contributed by atoms with Gasteiger partial charge in [0.05, 0.1) is 11.9 Å². The molecule has 3 aromatic rings. The summed E-state index contributed by atoms with van der Waals surface area (Å²) in [4.78, 5) is 2.53. The molecular formula is C20H25N5. The fraction of sp³-hybridized carbons (Fsp3) is 0.400. The van der Waals surface area contributed by atoms with Crippen molar-refractivity contribution in [1.29, 1.82) is 0 Å². The van der Waals surface area contributed by atoms with Crippen molar-refractivity contribution in [3.63, 3.8) is 0 Å². The summed E-state index contributed by atoms with van der Waals surface area (Å²) in [6.45, 7) is 6.16. The van der Waals surface area contributed by atoms with Gasteiger partial charge in [-0.1, -0.05) is 30.3 Å². The third-order valence-corrected chi connectivity index (χ3v) is 5.08.